The van der Waals surface area contributed by atoms with Gasteiger partial charge in [-0.3, -0.25) is 4.79 Å². The number of piperidine rings is 1. The van der Waals surface area contributed by atoms with Crippen molar-refractivity contribution in [2.45, 2.75) is 31.5 Å². The van der Waals surface area contributed by atoms with E-state index < -0.39 is 18.0 Å². The number of halogens is 4. The second-order valence-electron chi connectivity index (χ2n) is 6.25. The summed E-state index contributed by atoms with van der Waals surface area (Å²) in [5.41, 5.74) is -0.215. The summed E-state index contributed by atoms with van der Waals surface area (Å²) in [6.45, 7) is 0.863. The van der Waals surface area contributed by atoms with E-state index in [0.717, 1.165) is 17.8 Å². The monoisotopic (exact) mass is 399 g/mol. The molecule has 0 saturated carbocycles. The molecular weight excluding hydrogens is 383 g/mol. The standard InChI is InChI=1S/C18H17ClF3N3O2/c19-13-5-3-12(4-6-13)10-16(26)25-9-1-2-14(11-25)27-17-23-8-7-15(24-17)18(20,21)22/h3-8,14H,1-2,9-11H2. The van der Waals surface area contributed by atoms with Crippen molar-refractivity contribution in [1.82, 2.24) is 14.9 Å². The summed E-state index contributed by atoms with van der Waals surface area (Å²) in [4.78, 5) is 21.3. The Balaban J connectivity index is 1.60. The average Bonchev–Trinajstić information content (AvgIpc) is 2.63. The van der Waals surface area contributed by atoms with Gasteiger partial charge in [-0.05, 0) is 36.6 Å². The number of nitrogens with zero attached hydrogens (tertiary/aromatic N) is 3. The van der Waals surface area contributed by atoms with Crippen molar-refractivity contribution in [3.63, 3.8) is 0 Å². The van der Waals surface area contributed by atoms with Crippen molar-refractivity contribution < 1.29 is 22.7 Å². The zero-order valence-corrected chi connectivity index (χ0v) is 15.0. The van der Waals surface area contributed by atoms with E-state index in [-0.39, 0.29) is 24.9 Å². The molecule has 0 radical (unpaired) electrons. The Labute approximate surface area is 159 Å². The molecule has 1 aliphatic heterocycles. The molecular formula is C18H17ClF3N3O2. The summed E-state index contributed by atoms with van der Waals surface area (Å²) in [5, 5.41) is 0.596. The minimum Gasteiger partial charge on any atom is -0.458 e. The first-order chi connectivity index (χ1) is 12.8. The zero-order chi connectivity index (χ0) is 19.4. The van der Waals surface area contributed by atoms with Crippen molar-refractivity contribution >= 4 is 17.5 Å². The van der Waals surface area contributed by atoms with Gasteiger partial charge in [0.25, 0.3) is 0 Å². The van der Waals surface area contributed by atoms with Crippen LogP contribution < -0.4 is 4.74 Å². The van der Waals surface area contributed by atoms with E-state index in [4.69, 9.17) is 16.3 Å². The lowest BCUT2D eigenvalue weighted by molar-refractivity contribution is -0.141. The van der Waals surface area contributed by atoms with Crippen LogP contribution in [-0.4, -0.2) is 40.0 Å². The van der Waals surface area contributed by atoms with Gasteiger partial charge in [0.05, 0.1) is 13.0 Å². The minimum atomic E-state index is -4.56. The predicted molar refractivity (Wildman–Crippen MR) is 92.4 cm³/mol. The first-order valence-electron chi connectivity index (χ1n) is 8.40. The first-order valence-corrected chi connectivity index (χ1v) is 8.78. The van der Waals surface area contributed by atoms with Gasteiger partial charge in [-0.15, -0.1) is 0 Å². The van der Waals surface area contributed by atoms with Gasteiger partial charge >= 0.3 is 12.2 Å². The lowest BCUT2D eigenvalue weighted by Crippen LogP contribution is -2.45. The number of ether oxygens (including phenoxy) is 1. The predicted octanol–water partition coefficient (Wildman–Crippen LogP) is 3.76. The van der Waals surface area contributed by atoms with Crippen LogP contribution in [0.3, 0.4) is 0 Å². The van der Waals surface area contributed by atoms with Crippen molar-refractivity contribution in [1.29, 1.82) is 0 Å². The number of amides is 1. The number of alkyl halides is 3. The second kappa shape index (κ2) is 8.12. The Kier molecular flexibility index (Phi) is 5.84. The Morgan fingerprint density at radius 2 is 2.00 bits per heavy atom. The molecule has 1 fully saturated rings. The van der Waals surface area contributed by atoms with Crippen molar-refractivity contribution in [3.05, 3.63) is 52.8 Å². The average molecular weight is 400 g/mol. The van der Waals surface area contributed by atoms with E-state index >= 15 is 0 Å². The lowest BCUT2D eigenvalue weighted by Gasteiger charge is -2.32. The van der Waals surface area contributed by atoms with Crippen LogP contribution in [0.2, 0.25) is 5.02 Å². The molecule has 1 amide bonds. The van der Waals surface area contributed by atoms with Crippen molar-refractivity contribution in [2.24, 2.45) is 0 Å². The van der Waals surface area contributed by atoms with E-state index in [1.807, 2.05) is 0 Å². The molecule has 27 heavy (non-hydrogen) atoms. The molecule has 144 valence electrons. The van der Waals surface area contributed by atoms with Crippen LogP contribution in [0.25, 0.3) is 0 Å². The number of carbonyl (C=O) groups excluding carboxylic acids is 1. The largest absolute Gasteiger partial charge is 0.458 e. The molecule has 1 aliphatic rings. The van der Waals surface area contributed by atoms with E-state index in [9.17, 15) is 18.0 Å². The third-order valence-corrected chi connectivity index (χ3v) is 4.45. The number of rotatable bonds is 4. The van der Waals surface area contributed by atoms with Gasteiger partial charge in [0.2, 0.25) is 5.91 Å². The maximum atomic E-state index is 12.7. The molecule has 0 bridgehead atoms. The maximum Gasteiger partial charge on any atom is 0.433 e. The fourth-order valence-electron chi connectivity index (χ4n) is 2.85. The molecule has 0 spiro atoms. The third kappa shape index (κ3) is 5.32. The summed E-state index contributed by atoms with van der Waals surface area (Å²) in [6.07, 6.45) is -2.47. The quantitative estimate of drug-likeness (QED) is 0.785. The van der Waals surface area contributed by atoms with E-state index in [0.29, 0.717) is 24.4 Å². The van der Waals surface area contributed by atoms with E-state index in [1.54, 1.807) is 29.2 Å². The first kappa shape index (κ1) is 19.4. The minimum absolute atomic E-state index is 0.0735. The molecule has 1 aromatic heterocycles. The van der Waals surface area contributed by atoms with Crippen LogP contribution in [0, 0.1) is 0 Å². The maximum absolute atomic E-state index is 12.7. The fraction of sp³-hybridized carbons (Fsp3) is 0.389. The van der Waals surface area contributed by atoms with Crippen LogP contribution in [0.15, 0.2) is 36.5 Å². The molecule has 0 aliphatic carbocycles. The molecule has 3 rings (SSSR count). The molecule has 2 heterocycles. The van der Waals surface area contributed by atoms with Gasteiger partial charge in [0, 0.05) is 17.8 Å². The summed E-state index contributed by atoms with van der Waals surface area (Å²) in [7, 11) is 0. The number of hydrogen-bond donors (Lipinski definition) is 0. The smallest absolute Gasteiger partial charge is 0.433 e. The number of benzene rings is 1. The normalized spacial score (nSPS) is 17.6. The highest BCUT2D eigenvalue weighted by atomic mass is 35.5. The van der Waals surface area contributed by atoms with Crippen LogP contribution >= 0.6 is 11.6 Å². The van der Waals surface area contributed by atoms with Crippen molar-refractivity contribution in [2.75, 3.05) is 13.1 Å². The van der Waals surface area contributed by atoms with E-state index in [2.05, 4.69) is 9.97 Å². The highest BCUT2D eigenvalue weighted by Gasteiger charge is 2.33. The molecule has 9 heteroatoms. The van der Waals surface area contributed by atoms with Crippen LogP contribution in [0.5, 0.6) is 6.01 Å². The van der Waals surface area contributed by atoms with Gasteiger partial charge in [-0.2, -0.15) is 18.2 Å². The Morgan fingerprint density at radius 1 is 1.26 bits per heavy atom. The second-order valence-corrected chi connectivity index (χ2v) is 6.68. The Bertz CT molecular complexity index is 799. The highest BCUT2D eigenvalue weighted by Crippen LogP contribution is 2.28. The van der Waals surface area contributed by atoms with Crippen molar-refractivity contribution in [3.8, 4) is 6.01 Å². The topological polar surface area (TPSA) is 55.3 Å². The molecule has 1 aromatic carbocycles. The molecule has 1 atom stereocenters. The van der Waals surface area contributed by atoms with Crippen LogP contribution in [0.4, 0.5) is 13.2 Å². The van der Waals surface area contributed by atoms with Crippen LogP contribution in [-0.2, 0) is 17.4 Å². The van der Waals surface area contributed by atoms with Gasteiger partial charge in [-0.25, -0.2) is 4.98 Å². The van der Waals surface area contributed by atoms with Gasteiger partial charge in [0.1, 0.15) is 6.10 Å². The van der Waals surface area contributed by atoms with E-state index in [1.165, 1.54) is 0 Å². The van der Waals surface area contributed by atoms with Crippen LogP contribution in [0.1, 0.15) is 24.1 Å². The Morgan fingerprint density at radius 3 is 2.70 bits per heavy atom. The number of hydrogen-bond acceptors (Lipinski definition) is 4. The van der Waals surface area contributed by atoms with Gasteiger partial charge < -0.3 is 9.64 Å². The number of carbonyl (C=O) groups is 1. The van der Waals surface area contributed by atoms with Gasteiger partial charge in [-0.1, -0.05) is 23.7 Å². The number of likely N-dealkylation sites (tertiary alicyclic amines) is 1. The Hall–Kier alpha value is -2.35. The fourth-order valence-corrected chi connectivity index (χ4v) is 2.98. The summed E-state index contributed by atoms with van der Waals surface area (Å²) >= 11 is 5.84. The molecule has 0 N–H and O–H groups in total. The summed E-state index contributed by atoms with van der Waals surface area (Å²) in [5.74, 6) is -0.0735. The molecule has 1 unspecified atom stereocenters. The lowest BCUT2D eigenvalue weighted by atomic mass is 10.1. The third-order valence-electron chi connectivity index (χ3n) is 4.20. The molecule has 5 nitrogen and oxygen atoms in total. The zero-order valence-electron chi connectivity index (χ0n) is 14.2. The van der Waals surface area contributed by atoms with Gasteiger partial charge in [0.15, 0.2) is 5.69 Å². The summed E-state index contributed by atoms with van der Waals surface area (Å²) in [6, 6.07) is 7.47. The number of aromatic nitrogens is 2. The highest BCUT2D eigenvalue weighted by molar-refractivity contribution is 6.30. The summed E-state index contributed by atoms with van der Waals surface area (Å²) < 4.78 is 43.7. The molecule has 2 aromatic rings. The SMILES string of the molecule is O=C(Cc1ccc(Cl)cc1)N1CCCC(Oc2nccc(C(F)(F)F)n2)C1. The molecule has 1 saturated heterocycles.